The van der Waals surface area contributed by atoms with Gasteiger partial charge in [-0.25, -0.2) is 4.39 Å². The van der Waals surface area contributed by atoms with Gasteiger partial charge in [-0.1, -0.05) is 12.1 Å². The number of tetrazole rings is 1. The molecule has 1 aliphatic rings. The Kier molecular flexibility index (Phi) is 4.39. The fourth-order valence-electron chi connectivity index (χ4n) is 3.20. The summed E-state index contributed by atoms with van der Waals surface area (Å²) in [4.78, 5) is 19.9. The van der Waals surface area contributed by atoms with E-state index in [-0.39, 0.29) is 17.5 Å². The zero-order valence-electron chi connectivity index (χ0n) is 14.0. The van der Waals surface area contributed by atoms with Crippen LogP contribution in [0.1, 0.15) is 23.2 Å². The molecule has 1 fully saturated rings. The SMILES string of the molecule is O=C(c1ccccc1F)N1CCC[C@@H]1Cn1nnc(-c2cccnc2)n1. The smallest absolute Gasteiger partial charge is 0.257 e. The van der Waals surface area contributed by atoms with E-state index in [9.17, 15) is 9.18 Å². The highest BCUT2D eigenvalue weighted by Crippen LogP contribution is 2.22. The van der Waals surface area contributed by atoms with E-state index in [1.165, 1.54) is 16.9 Å². The summed E-state index contributed by atoms with van der Waals surface area (Å²) in [7, 11) is 0. The van der Waals surface area contributed by atoms with E-state index in [1.807, 2.05) is 12.1 Å². The minimum absolute atomic E-state index is 0.0851. The molecule has 0 aliphatic carbocycles. The molecule has 8 heteroatoms. The highest BCUT2D eigenvalue weighted by Gasteiger charge is 2.31. The number of pyridine rings is 1. The Morgan fingerprint density at radius 1 is 1.23 bits per heavy atom. The Morgan fingerprint density at radius 2 is 2.12 bits per heavy atom. The first-order valence-electron chi connectivity index (χ1n) is 8.46. The Morgan fingerprint density at radius 3 is 2.92 bits per heavy atom. The molecule has 1 aliphatic heterocycles. The van der Waals surface area contributed by atoms with Gasteiger partial charge in [0, 0.05) is 24.5 Å². The lowest BCUT2D eigenvalue weighted by atomic mass is 10.1. The number of hydrogen-bond donors (Lipinski definition) is 0. The minimum atomic E-state index is -0.499. The Bertz CT molecular complexity index is 913. The number of hydrogen-bond acceptors (Lipinski definition) is 5. The lowest BCUT2D eigenvalue weighted by Crippen LogP contribution is -2.38. The monoisotopic (exact) mass is 352 g/mol. The number of benzene rings is 1. The number of carbonyl (C=O) groups is 1. The molecule has 0 radical (unpaired) electrons. The first-order chi connectivity index (χ1) is 12.7. The number of nitrogens with zero attached hydrogens (tertiary/aromatic N) is 6. The van der Waals surface area contributed by atoms with Crippen LogP contribution in [-0.4, -0.2) is 48.6 Å². The third-order valence-electron chi connectivity index (χ3n) is 4.49. The molecule has 3 heterocycles. The standard InChI is InChI=1S/C18H17FN6O/c19-16-8-2-1-7-15(16)18(26)24-10-4-6-14(24)12-25-22-17(21-23-25)13-5-3-9-20-11-13/h1-3,5,7-9,11,14H,4,6,10,12H2/t14-/m1/s1. The van der Waals surface area contributed by atoms with E-state index >= 15 is 0 Å². The Labute approximate surface area is 149 Å². The first-order valence-corrected chi connectivity index (χ1v) is 8.46. The molecule has 0 bridgehead atoms. The molecule has 1 atom stereocenters. The van der Waals surface area contributed by atoms with Gasteiger partial charge in [0.1, 0.15) is 5.82 Å². The molecule has 3 aromatic rings. The van der Waals surface area contributed by atoms with Crippen molar-refractivity contribution in [2.45, 2.75) is 25.4 Å². The van der Waals surface area contributed by atoms with E-state index in [2.05, 4.69) is 20.4 Å². The molecule has 26 heavy (non-hydrogen) atoms. The quantitative estimate of drug-likeness (QED) is 0.719. The second-order valence-electron chi connectivity index (χ2n) is 6.18. The summed E-state index contributed by atoms with van der Waals surface area (Å²) < 4.78 is 13.9. The summed E-state index contributed by atoms with van der Waals surface area (Å²) in [5.41, 5.74) is 0.881. The maximum atomic E-state index is 13.9. The second-order valence-corrected chi connectivity index (χ2v) is 6.18. The number of carbonyl (C=O) groups excluding carboxylic acids is 1. The van der Waals surface area contributed by atoms with E-state index in [4.69, 9.17) is 0 Å². The maximum absolute atomic E-state index is 13.9. The minimum Gasteiger partial charge on any atom is -0.334 e. The lowest BCUT2D eigenvalue weighted by molar-refractivity contribution is 0.0713. The summed E-state index contributed by atoms with van der Waals surface area (Å²) in [5, 5.41) is 12.5. The molecule has 1 amide bonds. The Balaban J connectivity index is 1.50. The van der Waals surface area contributed by atoms with Crippen LogP contribution in [0.4, 0.5) is 4.39 Å². The van der Waals surface area contributed by atoms with E-state index in [1.54, 1.807) is 29.4 Å². The summed E-state index contributed by atoms with van der Waals surface area (Å²) in [6, 6.07) is 9.64. The number of amides is 1. The topological polar surface area (TPSA) is 76.8 Å². The molecule has 0 spiro atoms. The lowest BCUT2D eigenvalue weighted by Gasteiger charge is -2.24. The van der Waals surface area contributed by atoms with Crippen LogP contribution in [0.15, 0.2) is 48.8 Å². The van der Waals surface area contributed by atoms with Gasteiger partial charge < -0.3 is 4.90 Å². The molecule has 1 aromatic carbocycles. The number of halogens is 1. The van der Waals surface area contributed by atoms with Crippen LogP contribution in [-0.2, 0) is 6.54 Å². The molecule has 0 N–H and O–H groups in total. The third kappa shape index (κ3) is 3.17. The summed E-state index contributed by atoms with van der Waals surface area (Å²) in [6.45, 7) is 1.02. The number of rotatable bonds is 4. The van der Waals surface area contributed by atoms with Crippen molar-refractivity contribution in [3.8, 4) is 11.4 Å². The van der Waals surface area contributed by atoms with Crippen LogP contribution >= 0.6 is 0 Å². The van der Waals surface area contributed by atoms with Gasteiger partial charge in [0.15, 0.2) is 0 Å². The number of aromatic nitrogens is 5. The molecular formula is C18H17FN6O. The third-order valence-corrected chi connectivity index (χ3v) is 4.49. The molecule has 1 saturated heterocycles. The van der Waals surface area contributed by atoms with Crippen molar-refractivity contribution >= 4 is 5.91 Å². The average Bonchev–Trinajstić information content (AvgIpc) is 3.32. The Hall–Kier alpha value is -3.16. The molecule has 0 saturated carbocycles. The van der Waals surface area contributed by atoms with Crippen LogP contribution in [0.2, 0.25) is 0 Å². The highest BCUT2D eigenvalue weighted by molar-refractivity contribution is 5.94. The molecular weight excluding hydrogens is 335 g/mol. The number of likely N-dealkylation sites (tertiary alicyclic amines) is 1. The molecule has 4 rings (SSSR count). The van der Waals surface area contributed by atoms with Crippen molar-refractivity contribution in [2.75, 3.05) is 6.54 Å². The predicted molar refractivity (Wildman–Crippen MR) is 91.5 cm³/mol. The zero-order valence-corrected chi connectivity index (χ0v) is 14.0. The van der Waals surface area contributed by atoms with Gasteiger partial charge in [0.2, 0.25) is 5.82 Å². The molecule has 7 nitrogen and oxygen atoms in total. The van der Waals surface area contributed by atoms with E-state index < -0.39 is 5.82 Å². The van der Waals surface area contributed by atoms with E-state index in [0.717, 1.165) is 18.4 Å². The maximum Gasteiger partial charge on any atom is 0.257 e. The van der Waals surface area contributed by atoms with Crippen molar-refractivity contribution in [3.05, 3.63) is 60.2 Å². The van der Waals surface area contributed by atoms with Gasteiger partial charge in [0.05, 0.1) is 18.2 Å². The van der Waals surface area contributed by atoms with Crippen LogP contribution in [0, 0.1) is 5.82 Å². The fraction of sp³-hybridized carbons (Fsp3) is 0.278. The van der Waals surface area contributed by atoms with Gasteiger partial charge >= 0.3 is 0 Å². The largest absolute Gasteiger partial charge is 0.334 e. The van der Waals surface area contributed by atoms with Crippen LogP contribution in [0.5, 0.6) is 0 Å². The fourth-order valence-corrected chi connectivity index (χ4v) is 3.20. The summed E-state index contributed by atoms with van der Waals surface area (Å²) in [5.74, 6) is -0.304. The van der Waals surface area contributed by atoms with Gasteiger partial charge in [-0.3, -0.25) is 9.78 Å². The van der Waals surface area contributed by atoms with Crippen molar-refractivity contribution in [3.63, 3.8) is 0 Å². The van der Waals surface area contributed by atoms with E-state index in [0.29, 0.717) is 18.9 Å². The van der Waals surface area contributed by atoms with Crippen molar-refractivity contribution < 1.29 is 9.18 Å². The van der Waals surface area contributed by atoms with Crippen molar-refractivity contribution in [1.29, 1.82) is 0 Å². The highest BCUT2D eigenvalue weighted by atomic mass is 19.1. The first kappa shape index (κ1) is 16.3. The predicted octanol–water partition coefficient (Wildman–Crippen LogP) is 2.18. The van der Waals surface area contributed by atoms with Crippen molar-refractivity contribution in [1.82, 2.24) is 30.1 Å². The molecule has 0 unspecified atom stereocenters. The second kappa shape index (κ2) is 6.99. The average molecular weight is 352 g/mol. The van der Waals surface area contributed by atoms with Gasteiger partial charge in [-0.05, 0) is 42.3 Å². The molecule has 2 aromatic heterocycles. The molecule has 132 valence electrons. The summed E-state index contributed by atoms with van der Waals surface area (Å²) in [6.07, 6.45) is 5.04. The van der Waals surface area contributed by atoms with Crippen LogP contribution in [0.3, 0.4) is 0 Å². The zero-order chi connectivity index (χ0) is 17.9. The van der Waals surface area contributed by atoms with Gasteiger partial charge in [-0.2, -0.15) is 4.80 Å². The van der Waals surface area contributed by atoms with Crippen LogP contribution in [0.25, 0.3) is 11.4 Å². The normalized spacial score (nSPS) is 16.8. The van der Waals surface area contributed by atoms with Crippen LogP contribution < -0.4 is 0 Å². The van der Waals surface area contributed by atoms with Gasteiger partial charge in [0.25, 0.3) is 5.91 Å². The summed E-state index contributed by atoms with van der Waals surface area (Å²) >= 11 is 0. The van der Waals surface area contributed by atoms with Crippen molar-refractivity contribution in [2.24, 2.45) is 0 Å². The van der Waals surface area contributed by atoms with Gasteiger partial charge in [-0.15, -0.1) is 10.2 Å².